The van der Waals surface area contributed by atoms with Crippen molar-refractivity contribution in [3.05, 3.63) is 30.3 Å². The van der Waals surface area contributed by atoms with Gasteiger partial charge in [-0.05, 0) is 37.3 Å². The summed E-state index contributed by atoms with van der Waals surface area (Å²) in [6, 6.07) is 9.39. The Hall–Kier alpha value is -2.28. The molecule has 1 aliphatic rings. The van der Waals surface area contributed by atoms with E-state index in [9.17, 15) is 4.79 Å². The number of ether oxygens (including phenoxy) is 2. The SMILES string of the molecule is CCNC(=O)CSc1ccc(-c2ccc3c(c2)OCO3)nn1. The van der Waals surface area contributed by atoms with Gasteiger partial charge in [0.05, 0.1) is 11.4 Å². The molecular weight excluding hydrogens is 302 g/mol. The molecule has 1 N–H and O–H groups in total. The third-order valence-electron chi connectivity index (χ3n) is 3.03. The predicted molar refractivity (Wildman–Crippen MR) is 83.0 cm³/mol. The highest BCUT2D eigenvalue weighted by Gasteiger charge is 2.14. The number of hydrogen-bond donors (Lipinski definition) is 1. The van der Waals surface area contributed by atoms with E-state index >= 15 is 0 Å². The van der Waals surface area contributed by atoms with Crippen molar-refractivity contribution < 1.29 is 14.3 Å². The van der Waals surface area contributed by atoms with Crippen molar-refractivity contribution >= 4 is 17.7 Å². The van der Waals surface area contributed by atoms with E-state index < -0.39 is 0 Å². The zero-order valence-electron chi connectivity index (χ0n) is 12.0. The Morgan fingerprint density at radius 1 is 1.23 bits per heavy atom. The van der Waals surface area contributed by atoms with Crippen molar-refractivity contribution in [2.24, 2.45) is 0 Å². The Morgan fingerprint density at radius 3 is 2.86 bits per heavy atom. The monoisotopic (exact) mass is 317 g/mol. The van der Waals surface area contributed by atoms with Gasteiger partial charge in [-0.3, -0.25) is 4.79 Å². The number of nitrogens with zero attached hydrogens (tertiary/aromatic N) is 2. The molecule has 0 atom stereocenters. The van der Waals surface area contributed by atoms with E-state index in [4.69, 9.17) is 9.47 Å². The van der Waals surface area contributed by atoms with Gasteiger partial charge in [-0.1, -0.05) is 11.8 Å². The van der Waals surface area contributed by atoms with Gasteiger partial charge in [0.2, 0.25) is 12.7 Å². The fraction of sp³-hybridized carbons (Fsp3) is 0.267. The van der Waals surface area contributed by atoms with Crippen LogP contribution in [0, 0.1) is 0 Å². The molecule has 0 radical (unpaired) electrons. The van der Waals surface area contributed by atoms with Crippen LogP contribution in [0.2, 0.25) is 0 Å². The Morgan fingerprint density at radius 2 is 2.09 bits per heavy atom. The zero-order valence-corrected chi connectivity index (χ0v) is 12.9. The molecule has 114 valence electrons. The maximum absolute atomic E-state index is 11.4. The van der Waals surface area contributed by atoms with Gasteiger partial charge in [0.1, 0.15) is 5.03 Å². The first kappa shape index (κ1) is 14.6. The fourth-order valence-electron chi connectivity index (χ4n) is 1.99. The van der Waals surface area contributed by atoms with Crippen LogP contribution in [-0.4, -0.2) is 35.2 Å². The van der Waals surface area contributed by atoms with E-state index in [1.165, 1.54) is 11.8 Å². The van der Waals surface area contributed by atoms with Crippen molar-refractivity contribution in [1.82, 2.24) is 15.5 Å². The fourth-order valence-corrected chi connectivity index (χ4v) is 2.64. The summed E-state index contributed by atoms with van der Waals surface area (Å²) in [7, 11) is 0. The van der Waals surface area contributed by atoms with Crippen LogP contribution in [0.5, 0.6) is 11.5 Å². The van der Waals surface area contributed by atoms with Crippen molar-refractivity contribution in [3.8, 4) is 22.8 Å². The topological polar surface area (TPSA) is 73.3 Å². The number of hydrogen-bond acceptors (Lipinski definition) is 6. The van der Waals surface area contributed by atoms with Crippen molar-refractivity contribution in [2.45, 2.75) is 11.9 Å². The van der Waals surface area contributed by atoms with Crippen LogP contribution in [0.4, 0.5) is 0 Å². The van der Waals surface area contributed by atoms with Gasteiger partial charge < -0.3 is 14.8 Å². The maximum Gasteiger partial charge on any atom is 0.231 e. The average Bonchev–Trinajstić information content (AvgIpc) is 3.01. The molecule has 3 rings (SSSR count). The number of aromatic nitrogens is 2. The second kappa shape index (κ2) is 6.65. The predicted octanol–water partition coefficient (Wildman–Crippen LogP) is 2.10. The molecule has 2 heterocycles. The van der Waals surface area contributed by atoms with Crippen LogP contribution in [0.15, 0.2) is 35.4 Å². The lowest BCUT2D eigenvalue weighted by molar-refractivity contribution is -0.118. The molecule has 1 aromatic carbocycles. The normalized spacial score (nSPS) is 12.2. The van der Waals surface area contributed by atoms with E-state index in [0.29, 0.717) is 18.0 Å². The van der Waals surface area contributed by atoms with E-state index in [2.05, 4.69) is 15.5 Å². The molecule has 0 spiro atoms. The Balaban J connectivity index is 1.67. The Kier molecular flexibility index (Phi) is 4.43. The van der Waals surface area contributed by atoms with E-state index in [-0.39, 0.29) is 12.7 Å². The lowest BCUT2D eigenvalue weighted by Gasteiger charge is -2.04. The molecule has 7 heteroatoms. The molecule has 0 saturated heterocycles. The van der Waals surface area contributed by atoms with Crippen LogP contribution < -0.4 is 14.8 Å². The summed E-state index contributed by atoms with van der Waals surface area (Å²) in [5.74, 6) is 1.79. The van der Waals surface area contributed by atoms with Gasteiger partial charge in [0.15, 0.2) is 11.5 Å². The maximum atomic E-state index is 11.4. The number of rotatable bonds is 5. The molecular formula is C15H15N3O3S. The second-order valence-corrected chi connectivity index (χ2v) is 5.56. The van der Waals surface area contributed by atoms with Crippen LogP contribution in [0.3, 0.4) is 0 Å². The molecule has 22 heavy (non-hydrogen) atoms. The first-order valence-electron chi connectivity index (χ1n) is 6.89. The first-order valence-corrected chi connectivity index (χ1v) is 7.88. The van der Waals surface area contributed by atoms with Crippen molar-refractivity contribution in [1.29, 1.82) is 0 Å². The third-order valence-corrected chi connectivity index (χ3v) is 3.95. The second-order valence-electron chi connectivity index (χ2n) is 4.57. The molecule has 0 aliphatic carbocycles. The number of benzene rings is 1. The number of thioether (sulfide) groups is 1. The highest BCUT2D eigenvalue weighted by molar-refractivity contribution is 7.99. The van der Waals surface area contributed by atoms with E-state index in [1.54, 1.807) is 0 Å². The Bertz CT molecular complexity index is 676. The smallest absolute Gasteiger partial charge is 0.231 e. The molecule has 0 fully saturated rings. The number of fused-ring (bicyclic) bond motifs is 1. The minimum Gasteiger partial charge on any atom is -0.454 e. The molecule has 1 amide bonds. The number of nitrogens with one attached hydrogen (secondary N) is 1. The third kappa shape index (κ3) is 3.30. The first-order chi connectivity index (χ1) is 10.8. The van der Waals surface area contributed by atoms with Gasteiger partial charge in [-0.2, -0.15) is 0 Å². The highest BCUT2D eigenvalue weighted by Crippen LogP contribution is 2.35. The van der Waals surface area contributed by atoms with Crippen molar-refractivity contribution in [3.63, 3.8) is 0 Å². The van der Waals surface area contributed by atoms with E-state index in [1.807, 2.05) is 37.3 Å². The molecule has 1 aromatic heterocycles. The molecule has 6 nitrogen and oxygen atoms in total. The van der Waals surface area contributed by atoms with Gasteiger partial charge in [0.25, 0.3) is 0 Å². The van der Waals surface area contributed by atoms with Crippen molar-refractivity contribution in [2.75, 3.05) is 19.1 Å². The molecule has 2 aromatic rings. The van der Waals surface area contributed by atoms with Gasteiger partial charge in [0, 0.05) is 12.1 Å². The standard InChI is InChI=1S/C15H15N3O3S/c1-2-16-14(19)8-22-15-6-4-11(17-18-15)10-3-5-12-13(7-10)21-9-20-12/h3-7H,2,8-9H2,1H3,(H,16,19). The van der Waals surface area contributed by atoms with Gasteiger partial charge in [-0.25, -0.2) is 0 Å². The zero-order chi connectivity index (χ0) is 15.4. The van der Waals surface area contributed by atoms with Crippen LogP contribution in [-0.2, 0) is 4.79 Å². The minimum atomic E-state index is -0.00542. The molecule has 0 bridgehead atoms. The van der Waals surface area contributed by atoms with Crippen LogP contribution in [0.1, 0.15) is 6.92 Å². The highest BCUT2D eigenvalue weighted by atomic mass is 32.2. The summed E-state index contributed by atoms with van der Waals surface area (Å²) in [5, 5.41) is 11.8. The number of amides is 1. The molecule has 0 saturated carbocycles. The minimum absolute atomic E-state index is 0.00542. The summed E-state index contributed by atoms with van der Waals surface area (Å²) >= 11 is 1.36. The van der Waals surface area contributed by atoms with E-state index in [0.717, 1.165) is 22.0 Å². The largest absolute Gasteiger partial charge is 0.454 e. The quantitative estimate of drug-likeness (QED) is 0.851. The van der Waals surface area contributed by atoms with Gasteiger partial charge >= 0.3 is 0 Å². The number of carbonyl (C=O) groups is 1. The Labute approximate surface area is 132 Å². The summed E-state index contributed by atoms with van der Waals surface area (Å²) in [4.78, 5) is 11.4. The summed E-state index contributed by atoms with van der Waals surface area (Å²) in [5.41, 5.74) is 1.66. The van der Waals surface area contributed by atoms with Crippen LogP contribution in [0.25, 0.3) is 11.3 Å². The molecule has 0 unspecified atom stereocenters. The molecule has 1 aliphatic heterocycles. The van der Waals surface area contributed by atoms with Gasteiger partial charge in [-0.15, -0.1) is 10.2 Å². The van der Waals surface area contributed by atoms with Crippen LogP contribution >= 0.6 is 11.8 Å². The average molecular weight is 317 g/mol. The summed E-state index contributed by atoms with van der Waals surface area (Å²) in [6.07, 6.45) is 0. The summed E-state index contributed by atoms with van der Waals surface area (Å²) in [6.45, 7) is 2.77. The lowest BCUT2D eigenvalue weighted by Crippen LogP contribution is -2.24. The lowest BCUT2D eigenvalue weighted by atomic mass is 10.1. The number of carbonyl (C=O) groups excluding carboxylic acids is 1. The summed E-state index contributed by atoms with van der Waals surface area (Å²) < 4.78 is 10.6.